The molecule has 0 amide bonds. The zero-order valence-corrected chi connectivity index (χ0v) is 12.8. The number of hydrogen-bond donors (Lipinski definition) is 1. The summed E-state index contributed by atoms with van der Waals surface area (Å²) in [5.41, 5.74) is 2.35. The van der Waals surface area contributed by atoms with Crippen LogP contribution in [-0.4, -0.2) is 13.7 Å². The standard InChI is InChI=1S/C18H23NO2/c1-3-11-19-13-16-9-10-17(18(12-16)20-2)21-14-15-7-5-4-6-8-15/h4-10,12,19H,3,11,13-14H2,1-2H3. The SMILES string of the molecule is CCCNCc1ccc(OCc2ccccc2)c(OC)c1. The van der Waals surface area contributed by atoms with Crippen molar-refractivity contribution < 1.29 is 9.47 Å². The fraction of sp³-hybridized carbons (Fsp3) is 0.333. The average Bonchev–Trinajstić information content (AvgIpc) is 2.54. The minimum Gasteiger partial charge on any atom is -0.493 e. The van der Waals surface area contributed by atoms with Crippen LogP contribution < -0.4 is 14.8 Å². The second-order valence-electron chi connectivity index (χ2n) is 4.94. The van der Waals surface area contributed by atoms with Gasteiger partial charge in [-0.15, -0.1) is 0 Å². The number of rotatable bonds is 8. The Labute approximate surface area is 126 Å². The lowest BCUT2D eigenvalue weighted by Crippen LogP contribution is -2.13. The maximum Gasteiger partial charge on any atom is 0.161 e. The quantitative estimate of drug-likeness (QED) is 0.749. The van der Waals surface area contributed by atoms with E-state index in [1.165, 1.54) is 5.56 Å². The van der Waals surface area contributed by atoms with Crippen LogP contribution in [0, 0.1) is 0 Å². The van der Waals surface area contributed by atoms with Gasteiger partial charge in [-0.2, -0.15) is 0 Å². The fourth-order valence-corrected chi connectivity index (χ4v) is 2.09. The monoisotopic (exact) mass is 285 g/mol. The average molecular weight is 285 g/mol. The number of nitrogens with one attached hydrogen (secondary N) is 1. The third-order valence-corrected chi connectivity index (χ3v) is 3.22. The van der Waals surface area contributed by atoms with Crippen LogP contribution in [0.15, 0.2) is 48.5 Å². The lowest BCUT2D eigenvalue weighted by atomic mass is 10.2. The molecule has 0 unspecified atom stereocenters. The zero-order chi connectivity index (χ0) is 14.9. The van der Waals surface area contributed by atoms with Crippen LogP contribution in [0.4, 0.5) is 0 Å². The van der Waals surface area contributed by atoms with Gasteiger partial charge in [0, 0.05) is 6.54 Å². The predicted molar refractivity (Wildman–Crippen MR) is 85.8 cm³/mol. The molecule has 2 aromatic carbocycles. The maximum atomic E-state index is 5.85. The molecule has 21 heavy (non-hydrogen) atoms. The van der Waals surface area contributed by atoms with E-state index in [0.717, 1.165) is 36.6 Å². The van der Waals surface area contributed by atoms with E-state index in [1.807, 2.05) is 30.3 Å². The number of methoxy groups -OCH3 is 1. The summed E-state index contributed by atoms with van der Waals surface area (Å²) in [7, 11) is 1.67. The van der Waals surface area contributed by atoms with Crippen LogP contribution in [-0.2, 0) is 13.2 Å². The highest BCUT2D eigenvalue weighted by molar-refractivity contribution is 5.43. The molecule has 0 aliphatic carbocycles. The summed E-state index contributed by atoms with van der Waals surface area (Å²) in [6, 6.07) is 16.2. The van der Waals surface area contributed by atoms with E-state index in [4.69, 9.17) is 9.47 Å². The van der Waals surface area contributed by atoms with Crippen molar-refractivity contribution in [2.75, 3.05) is 13.7 Å². The van der Waals surface area contributed by atoms with Crippen LogP contribution in [0.5, 0.6) is 11.5 Å². The molecule has 2 rings (SSSR count). The van der Waals surface area contributed by atoms with Crippen molar-refractivity contribution in [3.8, 4) is 11.5 Å². The largest absolute Gasteiger partial charge is 0.493 e. The fourth-order valence-electron chi connectivity index (χ4n) is 2.09. The smallest absolute Gasteiger partial charge is 0.161 e. The lowest BCUT2D eigenvalue weighted by molar-refractivity contribution is 0.284. The molecule has 0 spiro atoms. The molecule has 0 bridgehead atoms. The zero-order valence-electron chi connectivity index (χ0n) is 12.8. The number of hydrogen-bond acceptors (Lipinski definition) is 3. The first-order valence-electron chi connectivity index (χ1n) is 7.38. The minimum atomic E-state index is 0.546. The first kappa shape index (κ1) is 15.4. The van der Waals surface area contributed by atoms with Gasteiger partial charge in [-0.3, -0.25) is 0 Å². The molecule has 3 nitrogen and oxygen atoms in total. The molecule has 0 saturated heterocycles. The van der Waals surface area contributed by atoms with E-state index in [1.54, 1.807) is 7.11 Å². The molecular weight excluding hydrogens is 262 g/mol. The Balaban J connectivity index is 1.99. The summed E-state index contributed by atoms with van der Waals surface area (Å²) >= 11 is 0. The van der Waals surface area contributed by atoms with Crippen LogP contribution in [0.25, 0.3) is 0 Å². The highest BCUT2D eigenvalue weighted by atomic mass is 16.5. The molecule has 0 aliphatic heterocycles. The summed E-state index contributed by atoms with van der Waals surface area (Å²) in [5.74, 6) is 1.56. The molecule has 0 radical (unpaired) electrons. The molecule has 2 aromatic rings. The normalized spacial score (nSPS) is 10.4. The molecule has 1 N–H and O–H groups in total. The van der Waals surface area contributed by atoms with E-state index in [9.17, 15) is 0 Å². The second kappa shape index (κ2) is 8.32. The van der Waals surface area contributed by atoms with Gasteiger partial charge in [-0.1, -0.05) is 43.3 Å². The highest BCUT2D eigenvalue weighted by Gasteiger charge is 2.06. The van der Waals surface area contributed by atoms with Gasteiger partial charge in [-0.05, 0) is 36.2 Å². The summed E-state index contributed by atoms with van der Waals surface area (Å²) in [6.07, 6.45) is 1.13. The van der Waals surface area contributed by atoms with Gasteiger partial charge >= 0.3 is 0 Å². The molecule has 0 aliphatic rings. The number of ether oxygens (including phenoxy) is 2. The third-order valence-electron chi connectivity index (χ3n) is 3.22. The van der Waals surface area contributed by atoms with Gasteiger partial charge < -0.3 is 14.8 Å². The lowest BCUT2D eigenvalue weighted by Gasteiger charge is -2.12. The van der Waals surface area contributed by atoms with Crippen molar-refractivity contribution in [2.24, 2.45) is 0 Å². The molecular formula is C18H23NO2. The molecule has 0 atom stereocenters. The Morgan fingerprint density at radius 2 is 1.76 bits per heavy atom. The summed E-state index contributed by atoms with van der Waals surface area (Å²) in [4.78, 5) is 0. The van der Waals surface area contributed by atoms with Gasteiger partial charge in [-0.25, -0.2) is 0 Å². The van der Waals surface area contributed by atoms with Crippen molar-refractivity contribution in [3.63, 3.8) is 0 Å². The van der Waals surface area contributed by atoms with Crippen molar-refractivity contribution >= 4 is 0 Å². The van der Waals surface area contributed by atoms with Gasteiger partial charge in [0.2, 0.25) is 0 Å². The van der Waals surface area contributed by atoms with E-state index < -0.39 is 0 Å². The van der Waals surface area contributed by atoms with Crippen LogP contribution in [0.3, 0.4) is 0 Å². The van der Waals surface area contributed by atoms with E-state index >= 15 is 0 Å². The summed E-state index contributed by atoms with van der Waals surface area (Å²) < 4.78 is 11.3. The number of benzene rings is 2. The van der Waals surface area contributed by atoms with Crippen LogP contribution in [0.1, 0.15) is 24.5 Å². The third kappa shape index (κ3) is 4.80. The van der Waals surface area contributed by atoms with Crippen LogP contribution >= 0.6 is 0 Å². The van der Waals surface area contributed by atoms with E-state index in [0.29, 0.717) is 6.61 Å². The van der Waals surface area contributed by atoms with Gasteiger partial charge in [0.25, 0.3) is 0 Å². The first-order valence-corrected chi connectivity index (χ1v) is 7.38. The summed E-state index contributed by atoms with van der Waals surface area (Å²) in [5, 5.41) is 3.38. The second-order valence-corrected chi connectivity index (χ2v) is 4.94. The Morgan fingerprint density at radius 3 is 2.48 bits per heavy atom. The first-order chi connectivity index (χ1) is 10.3. The minimum absolute atomic E-state index is 0.546. The van der Waals surface area contributed by atoms with Crippen molar-refractivity contribution in [1.29, 1.82) is 0 Å². The molecule has 0 aromatic heterocycles. The van der Waals surface area contributed by atoms with Crippen molar-refractivity contribution in [2.45, 2.75) is 26.5 Å². The molecule has 0 saturated carbocycles. The molecule has 0 fully saturated rings. The Morgan fingerprint density at radius 1 is 0.952 bits per heavy atom. The maximum absolute atomic E-state index is 5.85. The van der Waals surface area contributed by atoms with Gasteiger partial charge in [0.15, 0.2) is 11.5 Å². The molecule has 112 valence electrons. The molecule has 0 heterocycles. The summed E-state index contributed by atoms with van der Waals surface area (Å²) in [6.45, 7) is 4.58. The van der Waals surface area contributed by atoms with Crippen LogP contribution in [0.2, 0.25) is 0 Å². The highest BCUT2D eigenvalue weighted by Crippen LogP contribution is 2.28. The van der Waals surface area contributed by atoms with Crippen molar-refractivity contribution in [1.82, 2.24) is 5.32 Å². The predicted octanol–water partition coefficient (Wildman–Crippen LogP) is 3.77. The van der Waals surface area contributed by atoms with Crippen molar-refractivity contribution in [3.05, 3.63) is 59.7 Å². The Hall–Kier alpha value is -2.00. The Bertz CT molecular complexity index is 540. The topological polar surface area (TPSA) is 30.5 Å². The van der Waals surface area contributed by atoms with E-state index in [2.05, 4.69) is 30.4 Å². The molecule has 3 heteroatoms. The van der Waals surface area contributed by atoms with E-state index in [-0.39, 0.29) is 0 Å². The van der Waals surface area contributed by atoms with Gasteiger partial charge in [0.05, 0.1) is 7.11 Å². The van der Waals surface area contributed by atoms with Gasteiger partial charge in [0.1, 0.15) is 6.61 Å². The Kier molecular flexibility index (Phi) is 6.10.